The maximum atomic E-state index is 7.22. The zero-order chi connectivity index (χ0) is 28.7. The Kier molecular flexibility index (Phi) is 10.1. The van der Waals surface area contributed by atoms with E-state index in [-0.39, 0.29) is 39.5 Å². The molecule has 0 bridgehead atoms. The number of rotatable bonds is 9. The minimum absolute atomic E-state index is 0.0701. The average Bonchev–Trinajstić information content (AvgIpc) is 3.00. The number of ether oxygens (including phenoxy) is 1. The third kappa shape index (κ3) is 8.12. The van der Waals surface area contributed by atoms with Crippen LogP contribution in [0.5, 0.6) is 0 Å². The van der Waals surface area contributed by atoms with Crippen molar-refractivity contribution < 1.29 is 18.0 Å². The maximum Gasteiger partial charge on any atom is 0.192 e. The molecular formula is C30H58O4Si3. The minimum atomic E-state index is -2.10. The highest BCUT2D eigenvalue weighted by Gasteiger charge is 2.54. The predicted octanol–water partition coefficient (Wildman–Crippen LogP) is 8.80. The Bertz CT molecular complexity index is 864. The van der Waals surface area contributed by atoms with E-state index in [4.69, 9.17) is 18.0 Å². The molecule has 37 heavy (non-hydrogen) atoms. The quantitative estimate of drug-likeness (QED) is 0.280. The lowest BCUT2D eigenvalue weighted by molar-refractivity contribution is -0.0159. The largest absolute Gasteiger partial charge is 0.414 e. The summed E-state index contributed by atoms with van der Waals surface area (Å²) in [4.78, 5) is 0. The molecule has 4 atom stereocenters. The first-order valence-corrected chi connectivity index (χ1v) is 22.9. The summed E-state index contributed by atoms with van der Waals surface area (Å²) in [5.41, 5.74) is 1.27. The smallest absolute Gasteiger partial charge is 0.192 e. The summed E-state index contributed by atoms with van der Waals surface area (Å²) in [5.74, 6) is 0. The van der Waals surface area contributed by atoms with Gasteiger partial charge in [0, 0.05) is 6.42 Å². The fourth-order valence-electron chi connectivity index (χ4n) is 3.77. The topological polar surface area (TPSA) is 36.9 Å². The molecule has 7 heteroatoms. The summed E-state index contributed by atoms with van der Waals surface area (Å²) >= 11 is 0. The molecule has 1 aliphatic heterocycles. The van der Waals surface area contributed by atoms with Crippen LogP contribution in [0.1, 0.15) is 67.9 Å². The van der Waals surface area contributed by atoms with Crippen molar-refractivity contribution >= 4 is 25.0 Å². The zero-order valence-corrected chi connectivity index (χ0v) is 29.7. The standard InChI is InChI=1S/C30H58O4Si3/c1-28(2,3)35(10,11)31-22-25-27(34-37(14,15)30(7,8)9)26(33-36(12,13)29(4,5)6)24(32-25)21-23-19-17-16-18-20-23/h16-20,24-27H,21-22H2,1-15H3/t24-,25+,26-,27+/m0/s1. The van der Waals surface area contributed by atoms with Crippen LogP contribution in [0.4, 0.5) is 0 Å². The summed E-state index contributed by atoms with van der Waals surface area (Å²) in [7, 11) is -6.13. The molecule has 0 spiro atoms. The molecule has 1 heterocycles. The summed E-state index contributed by atoms with van der Waals surface area (Å²) in [5, 5.41) is 0.334. The van der Waals surface area contributed by atoms with Crippen molar-refractivity contribution in [2.75, 3.05) is 6.61 Å². The third-order valence-electron chi connectivity index (χ3n) is 9.57. The van der Waals surface area contributed by atoms with Crippen molar-refractivity contribution in [3.8, 4) is 0 Å². The highest BCUT2D eigenvalue weighted by atomic mass is 28.4. The third-order valence-corrected chi connectivity index (χ3v) is 23.0. The van der Waals surface area contributed by atoms with Crippen molar-refractivity contribution in [2.24, 2.45) is 0 Å². The molecule has 0 saturated carbocycles. The first kappa shape index (κ1) is 32.9. The molecule has 0 unspecified atom stereocenters. The van der Waals surface area contributed by atoms with Gasteiger partial charge in [-0.2, -0.15) is 0 Å². The number of hydrogen-bond acceptors (Lipinski definition) is 4. The minimum Gasteiger partial charge on any atom is -0.414 e. The van der Waals surface area contributed by atoms with Gasteiger partial charge in [0.15, 0.2) is 25.0 Å². The van der Waals surface area contributed by atoms with Crippen molar-refractivity contribution in [2.45, 2.75) is 148 Å². The van der Waals surface area contributed by atoms with E-state index in [0.717, 1.165) is 6.42 Å². The molecule has 1 aromatic carbocycles. The van der Waals surface area contributed by atoms with Gasteiger partial charge in [0.1, 0.15) is 12.2 Å². The van der Waals surface area contributed by atoms with E-state index in [1.54, 1.807) is 0 Å². The average molecular weight is 567 g/mol. The van der Waals surface area contributed by atoms with Crippen molar-refractivity contribution in [3.63, 3.8) is 0 Å². The molecule has 214 valence electrons. The van der Waals surface area contributed by atoms with Crippen LogP contribution in [0.15, 0.2) is 30.3 Å². The molecule has 0 N–H and O–H groups in total. The van der Waals surface area contributed by atoms with Crippen LogP contribution in [-0.4, -0.2) is 56.0 Å². The number of hydrogen-bond donors (Lipinski definition) is 0. The van der Waals surface area contributed by atoms with E-state index in [1.807, 2.05) is 0 Å². The first-order chi connectivity index (χ1) is 16.5. The van der Waals surface area contributed by atoms with Crippen molar-refractivity contribution in [1.82, 2.24) is 0 Å². The molecule has 1 saturated heterocycles. The highest BCUT2D eigenvalue weighted by Crippen LogP contribution is 2.45. The van der Waals surface area contributed by atoms with Gasteiger partial charge in [-0.05, 0) is 60.0 Å². The lowest BCUT2D eigenvalue weighted by Gasteiger charge is -2.44. The van der Waals surface area contributed by atoms with Gasteiger partial charge in [-0.15, -0.1) is 0 Å². The molecule has 0 radical (unpaired) electrons. The van der Waals surface area contributed by atoms with E-state index < -0.39 is 25.0 Å². The van der Waals surface area contributed by atoms with Gasteiger partial charge >= 0.3 is 0 Å². The lowest BCUT2D eigenvalue weighted by Crippen LogP contribution is -2.55. The maximum absolute atomic E-state index is 7.22. The second-order valence-electron chi connectivity index (χ2n) is 15.7. The summed E-state index contributed by atoms with van der Waals surface area (Å²) in [6, 6.07) is 10.7. The fourth-order valence-corrected chi connectivity index (χ4v) is 7.43. The predicted molar refractivity (Wildman–Crippen MR) is 166 cm³/mol. The first-order valence-electron chi connectivity index (χ1n) is 14.2. The Morgan fingerprint density at radius 2 is 1.03 bits per heavy atom. The Morgan fingerprint density at radius 1 is 0.622 bits per heavy atom. The van der Waals surface area contributed by atoms with Gasteiger partial charge in [0.05, 0.1) is 18.8 Å². The fraction of sp³-hybridized carbons (Fsp3) is 0.800. The summed E-state index contributed by atoms with van der Waals surface area (Å²) < 4.78 is 28.1. The molecule has 4 nitrogen and oxygen atoms in total. The van der Waals surface area contributed by atoms with Crippen molar-refractivity contribution in [1.29, 1.82) is 0 Å². The van der Waals surface area contributed by atoms with Crippen LogP contribution in [0.2, 0.25) is 54.4 Å². The Labute approximate surface area is 232 Å². The summed E-state index contributed by atoms with van der Waals surface area (Å²) in [6.45, 7) is 35.3. The molecule has 0 aromatic heterocycles. The second kappa shape index (κ2) is 11.3. The van der Waals surface area contributed by atoms with Gasteiger partial charge < -0.3 is 18.0 Å². The normalized spacial score (nSPS) is 24.5. The molecule has 1 aromatic rings. The van der Waals surface area contributed by atoms with E-state index >= 15 is 0 Å². The van der Waals surface area contributed by atoms with Gasteiger partial charge in [-0.1, -0.05) is 92.6 Å². The monoisotopic (exact) mass is 566 g/mol. The second-order valence-corrected chi connectivity index (χ2v) is 30.0. The summed E-state index contributed by atoms with van der Waals surface area (Å²) in [6.07, 6.45) is 0.330. The molecule has 2 rings (SSSR count). The molecular weight excluding hydrogens is 509 g/mol. The number of benzene rings is 1. The van der Waals surface area contributed by atoms with Crippen LogP contribution >= 0.6 is 0 Å². The van der Waals surface area contributed by atoms with Crippen LogP contribution in [0, 0.1) is 0 Å². The molecule has 1 fully saturated rings. The van der Waals surface area contributed by atoms with E-state index in [2.05, 4.69) is 132 Å². The van der Waals surface area contributed by atoms with Crippen LogP contribution < -0.4 is 0 Å². The molecule has 0 aliphatic carbocycles. The lowest BCUT2D eigenvalue weighted by atomic mass is 10.0. The van der Waals surface area contributed by atoms with Crippen LogP contribution in [0.3, 0.4) is 0 Å². The highest BCUT2D eigenvalue weighted by molar-refractivity contribution is 6.75. The van der Waals surface area contributed by atoms with Crippen LogP contribution in [0.25, 0.3) is 0 Å². The Balaban J connectivity index is 2.50. The van der Waals surface area contributed by atoms with Crippen molar-refractivity contribution in [3.05, 3.63) is 35.9 Å². The van der Waals surface area contributed by atoms with Gasteiger partial charge in [0.2, 0.25) is 0 Å². The van der Waals surface area contributed by atoms with Gasteiger partial charge in [-0.25, -0.2) is 0 Å². The SMILES string of the molecule is CC(C)(C)[Si](C)(C)OC[C@H]1O[C@@H](Cc2ccccc2)[C@H](O[Si](C)(C)C(C)(C)C)[C@@H]1O[Si](C)(C)C(C)(C)C. The van der Waals surface area contributed by atoms with E-state index in [9.17, 15) is 0 Å². The Morgan fingerprint density at radius 3 is 1.43 bits per heavy atom. The molecule has 0 amide bonds. The van der Waals surface area contributed by atoms with Gasteiger partial charge in [-0.3, -0.25) is 0 Å². The van der Waals surface area contributed by atoms with Crippen LogP contribution in [-0.2, 0) is 24.4 Å². The van der Waals surface area contributed by atoms with Gasteiger partial charge in [0.25, 0.3) is 0 Å². The van der Waals surface area contributed by atoms with E-state index in [0.29, 0.717) is 6.61 Å². The van der Waals surface area contributed by atoms with E-state index in [1.165, 1.54) is 5.56 Å². The zero-order valence-electron chi connectivity index (χ0n) is 26.7. The molecule has 1 aliphatic rings. The Hall–Kier alpha value is -0.289.